The van der Waals surface area contributed by atoms with E-state index in [1.54, 1.807) is 10.6 Å². The highest BCUT2D eigenvalue weighted by Gasteiger charge is 2.11. The average molecular weight is 307 g/mol. The lowest BCUT2D eigenvalue weighted by Crippen LogP contribution is -2.15. The van der Waals surface area contributed by atoms with Gasteiger partial charge in [0.25, 0.3) is 0 Å². The van der Waals surface area contributed by atoms with Crippen LogP contribution < -0.4 is 10.6 Å². The van der Waals surface area contributed by atoms with Gasteiger partial charge in [-0.1, -0.05) is 41.7 Å². The number of nitrogen functional groups attached to an aromatic ring is 1. The molecule has 0 amide bonds. The van der Waals surface area contributed by atoms with Gasteiger partial charge in [-0.05, 0) is 23.8 Å². The predicted molar refractivity (Wildman–Crippen MR) is 88.7 cm³/mol. The predicted octanol–water partition coefficient (Wildman–Crippen LogP) is 3.08. The summed E-state index contributed by atoms with van der Waals surface area (Å²) in [6.45, 7) is 0.371. The first-order valence-corrected chi connectivity index (χ1v) is 7.59. The lowest BCUT2D eigenvalue weighted by atomic mass is 10.1. The van der Waals surface area contributed by atoms with Crippen molar-refractivity contribution in [2.75, 3.05) is 5.73 Å². The van der Waals surface area contributed by atoms with Gasteiger partial charge < -0.3 is 5.73 Å². The van der Waals surface area contributed by atoms with E-state index in [0.29, 0.717) is 17.8 Å². The molecule has 1 heterocycles. The quantitative estimate of drug-likeness (QED) is 0.756. The normalized spacial score (nSPS) is 10.3. The molecule has 4 nitrogen and oxygen atoms in total. The minimum atomic E-state index is -0.0508. The van der Waals surface area contributed by atoms with Gasteiger partial charge in [0.1, 0.15) is 0 Å². The Balaban J connectivity index is 2.07. The topological polar surface area (TPSA) is 71.8 Å². The number of thiazole rings is 1. The number of nitrogens with zero attached hydrogens (tertiary/aromatic N) is 2. The van der Waals surface area contributed by atoms with E-state index in [0.717, 1.165) is 28.2 Å². The van der Waals surface area contributed by atoms with Gasteiger partial charge in [0.2, 0.25) is 0 Å². The molecule has 0 aliphatic heterocycles. The van der Waals surface area contributed by atoms with Crippen molar-refractivity contribution < 1.29 is 0 Å². The van der Waals surface area contributed by atoms with Crippen molar-refractivity contribution in [3.63, 3.8) is 0 Å². The highest BCUT2D eigenvalue weighted by Crippen LogP contribution is 2.23. The van der Waals surface area contributed by atoms with Crippen molar-refractivity contribution in [1.29, 1.82) is 5.26 Å². The summed E-state index contributed by atoms with van der Waals surface area (Å²) in [5, 5.41) is 11.0. The minimum Gasteiger partial charge on any atom is -0.399 e. The number of nitriles is 1. The maximum atomic E-state index is 12.2. The van der Waals surface area contributed by atoms with Crippen LogP contribution in [0.2, 0.25) is 0 Å². The van der Waals surface area contributed by atoms with E-state index in [-0.39, 0.29) is 4.87 Å². The third kappa shape index (κ3) is 2.65. The summed E-state index contributed by atoms with van der Waals surface area (Å²) < 4.78 is 1.68. The van der Waals surface area contributed by atoms with Crippen LogP contribution in [-0.4, -0.2) is 4.57 Å². The van der Waals surface area contributed by atoms with Crippen LogP contribution in [0, 0.1) is 11.3 Å². The molecule has 0 fully saturated rings. The van der Waals surface area contributed by atoms with Gasteiger partial charge in [-0.15, -0.1) is 0 Å². The monoisotopic (exact) mass is 307 g/mol. The molecular weight excluding hydrogens is 294 g/mol. The summed E-state index contributed by atoms with van der Waals surface area (Å²) in [4.78, 5) is 12.1. The fourth-order valence-electron chi connectivity index (χ4n) is 2.34. The second-order valence-corrected chi connectivity index (χ2v) is 5.69. The van der Waals surface area contributed by atoms with Crippen molar-refractivity contribution in [3.05, 3.63) is 74.7 Å². The van der Waals surface area contributed by atoms with Crippen LogP contribution in [0.5, 0.6) is 0 Å². The molecule has 3 rings (SSSR count). The Bertz CT molecular complexity index is 918. The van der Waals surface area contributed by atoms with Gasteiger partial charge in [0.15, 0.2) is 0 Å². The van der Waals surface area contributed by atoms with Crippen LogP contribution in [0.4, 0.5) is 5.69 Å². The van der Waals surface area contributed by atoms with Crippen molar-refractivity contribution in [3.8, 4) is 17.3 Å². The molecule has 0 saturated heterocycles. The Labute approximate surface area is 131 Å². The maximum absolute atomic E-state index is 12.2. The Morgan fingerprint density at radius 2 is 2.00 bits per heavy atom. The molecule has 2 aromatic carbocycles. The number of aromatic nitrogens is 1. The molecule has 2 N–H and O–H groups in total. The highest BCUT2D eigenvalue weighted by atomic mass is 32.1. The van der Waals surface area contributed by atoms with Crippen LogP contribution in [0.1, 0.15) is 11.1 Å². The third-order valence-electron chi connectivity index (χ3n) is 3.43. The second-order valence-electron chi connectivity index (χ2n) is 4.87. The zero-order valence-electron chi connectivity index (χ0n) is 11.7. The van der Waals surface area contributed by atoms with E-state index in [1.807, 2.05) is 47.8 Å². The highest BCUT2D eigenvalue weighted by molar-refractivity contribution is 7.07. The van der Waals surface area contributed by atoms with Crippen molar-refractivity contribution in [1.82, 2.24) is 4.57 Å². The Morgan fingerprint density at radius 1 is 1.18 bits per heavy atom. The number of nitrogens with two attached hydrogens (primary N) is 1. The molecular formula is C17H13N3OS. The summed E-state index contributed by atoms with van der Waals surface area (Å²) in [6.07, 6.45) is 0. The molecule has 108 valence electrons. The molecule has 0 atom stereocenters. The molecule has 0 aliphatic carbocycles. The molecule has 22 heavy (non-hydrogen) atoms. The van der Waals surface area contributed by atoms with Gasteiger partial charge in [0, 0.05) is 16.6 Å². The van der Waals surface area contributed by atoms with Gasteiger partial charge in [-0.2, -0.15) is 5.26 Å². The molecule has 1 aromatic heterocycles. The zero-order valence-corrected chi connectivity index (χ0v) is 12.5. The summed E-state index contributed by atoms with van der Waals surface area (Å²) in [5.41, 5.74) is 9.60. The van der Waals surface area contributed by atoms with Crippen LogP contribution in [0.3, 0.4) is 0 Å². The van der Waals surface area contributed by atoms with Crippen molar-refractivity contribution in [2.45, 2.75) is 6.54 Å². The first-order chi connectivity index (χ1) is 10.7. The lowest BCUT2D eigenvalue weighted by molar-refractivity contribution is 0.790. The number of benzene rings is 2. The fourth-order valence-corrected chi connectivity index (χ4v) is 3.11. The molecule has 0 bridgehead atoms. The molecule has 0 saturated carbocycles. The largest absolute Gasteiger partial charge is 0.399 e. The average Bonchev–Trinajstić information content (AvgIpc) is 2.89. The Morgan fingerprint density at radius 3 is 2.77 bits per heavy atom. The summed E-state index contributed by atoms with van der Waals surface area (Å²) in [5.74, 6) is 0. The Kier molecular flexibility index (Phi) is 3.77. The van der Waals surface area contributed by atoms with Crippen LogP contribution >= 0.6 is 11.3 Å². The summed E-state index contributed by atoms with van der Waals surface area (Å²) in [7, 11) is 0. The van der Waals surface area contributed by atoms with E-state index in [2.05, 4.69) is 6.07 Å². The minimum absolute atomic E-state index is 0.0508. The molecule has 5 heteroatoms. The first-order valence-electron chi connectivity index (χ1n) is 6.71. The summed E-state index contributed by atoms with van der Waals surface area (Å²) in [6, 6.07) is 16.9. The number of hydrogen-bond acceptors (Lipinski definition) is 4. The molecule has 0 spiro atoms. The smallest absolute Gasteiger partial charge is 0.307 e. The van der Waals surface area contributed by atoms with E-state index in [1.165, 1.54) is 0 Å². The zero-order chi connectivity index (χ0) is 15.5. The van der Waals surface area contributed by atoms with E-state index in [9.17, 15) is 10.1 Å². The van der Waals surface area contributed by atoms with Crippen LogP contribution in [-0.2, 0) is 6.54 Å². The van der Waals surface area contributed by atoms with E-state index >= 15 is 0 Å². The second kappa shape index (κ2) is 5.88. The lowest BCUT2D eigenvalue weighted by Gasteiger charge is -2.09. The van der Waals surface area contributed by atoms with E-state index < -0.39 is 0 Å². The molecule has 0 radical (unpaired) electrons. The third-order valence-corrected chi connectivity index (χ3v) is 4.19. The van der Waals surface area contributed by atoms with Crippen molar-refractivity contribution >= 4 is 17.0 Å². The molecule has 0 unspecified atom stereocenters. The van der Waals surface area contributed by atoms with Gasteiger partial charge in [0.05, 0.1) is 23.9 Å². The van der Waals surface area contributed by atoms with E-state index in [4.69, 9.17) is 5.73 Å². The number of hydrogen-bond donors (Lipinski definition) is 1. The maximum Gasteiger partial charge on any atom is 0.307 e. The standard InChI is InChI=1S/C17H13N3OS/c18-9-13-4-1-2-5-14(13)10-20-16(11-22-17(20)21)12-6-3-7-15(19)8-12/h1-8,11H,10,19H2. The first kappa shape index (κ1) is 14.1. The molecule has 0 aliphatic rings. The summed E-state index contributed by atoms with van der Waals surface area (Å²) >= 11 is 1.15. The number of anilines is 1. The number of rotatable bonds is 3. The van der Waals surface area contributed by atoms with Gasteiger partial charge >= 0.3 is 4.87 Å². The van der Waals surface area contributed by atoms with Crippen LogP contribution in [0.15, 0.2) is 58.7 Å². The SMILES string of the molecule is N#Cc1ccccc1Cn1c(-c2cccc(N)c2)csc1=O. The fraction of sp³-hybridized carbons (Fsp3) is 0.0588. The molecule has 3 aromatic rings. The van der Waals surface area contributed by atoms with Gasteiger partial charge in [-0.25, -0.2) is 0 Å². The Hall–Kier alpha value is -2.84. The van der Waals surface area contributed by atoms with Crippen molar-refractivity contribution in [2.24, 2.45) is 0 Å². The van der Waals surface area contributed by atoms with Gasteiger partial charge in [-0.3, -0.25) is 9.36 Å². The van der Waals surface area contributed by atoms with Crippen LogP contribution in [0.25, 0.3) is 11.3 Å².